The summed E-state index contributed by atoms with van der Waals surface area (Å²) in [5.74, 6) is 0.709. The van der Waals surface area contributed by atoms with Crippen molar-refractivity contribution >= 4 is 34.1 Å². The average Bonchev–Trinajstić information content (AvgIpc) is 2.97. The second kappa shape index (κ2) is 5.50. The Balaban J connectivity index is 1.78. The SMILES string of the molecule is O=C1CS[C@H](c2ccccc2)N1c1ccc2ccccc2c1. The van der Waals surface area contributed by atoms with E-state index in [0.717, 1.165) is 11.1 Å². The van der Waals surface area contributed by atoms with E-state index < -0.39 is 0 Å². The van der Waals surface area contributed by atoms with E-state index >= 15 is 0 Å². The van der Waals surface area contributed by atoms with Gasteiger partial charge in [0.25, 0.3) is 0 Å². The highest BCUT2D eigenvalue weighted by Gasteiger charge is 2.33. The summed E-state index contributed by atoms with van der Waals surface area (Å²) in [5.41, 5.74) is 2.15. The van der Waals surface area contributed by atoms with Gasteiger partial charge in [0, 0.05) is 5.69 Å². The van der Waals surface area contributed by atoms with Crippen LogP contribution in [0.1, 0.15) is 10.9 Å². The summed E-state index contributed by atoms with van der Waals surface area (Å²) in [6.07, 6.45) is 0. The van der Waals surface area contributed by atoms with Crippen molar-refractivity contribution in [3.8, 4) is 0 Å². The molecule has 0 spiro atoms. The van der Waals surface area contributed by atoms with Gasteiger partial charge in [-0.25, -0.2) is 0 Å². The van der Waals surface area contributed by atoms with Crippen molar-refractivity contribution in [1.29, 1.82) is 0 Å². The van der Waals surface area contributed by atoms with Gasteiger partial charge in [-0.15, -0.1) is 11.8 Å². The lowest BCUT2D eigenvalue weighted by Gasteiger charge is -2.24. The second-order valence-corrected chi connectivity index (χ2v) is 6.44. The van der Waals surface area contributed by atoms with Crippen LogP contribution >= 0.6 is 11.8 Å². The van der Waals surface area contributed by atoms with Gasteiger partial charge in [0.15, 0.2) is 0 Å². The summed E-state index contributed by atoms with van der Waals surface area (Å²) in [6.45, 7) is 0. The number of amides is 1. The lowest BCUT2D eigenvalue weighted by atomic mass is 10.1. The van der Waals surface area contributed by atoms with Gasteiger partial charge < -0.3 is 0 Å². The Kier molecular flexibility index (Phi) is 3.35. The molecule has 0 aliphatic carbocycles. The topological polar surface area (TPSA) is 20.3 Å². The number of carbonyl (C=O) groups excluding carboxylic acids is 1. The van der Waals surface area contributed by atoms with E-state index in [2.05, 4.69) is 36.4 Å². The fourth-order valence-electron chi connectivity index (χ4n) is 2.89. The summed E-state index contributed by atoms with van der Waals surface area (Å²) in [6, 6.07) is 24.7. The smallest absolute Gasteiger partial charge is 0.238 e. The van der Waals surface area contributed by atoms with Gasteiger partial charge in [0.05, 0.1) is 5.75 Å². The zero-order chi connectivity index (χ0) is 14.9. The highest BCUT2D eigenvalue weighted by atomic mass is 32.2. The van der Waals surface area contributed by atoms with Crippen molar-refractivity contribution in [2.24, 2.45) is 0 Å². The molecule has 0 aromatic heterocycles. The highest BCUT2D eigenvalue weighted by molar-refractivity contribution is 8.00. The molecule has 1 amide bonds. The number of hydrogen-bond donors (Lipinski definition) is 0. The summed E-state index contributed by atoms with van der Waals surface area (Å²) in [4.78, 5) is 14.3. The van der Waals surface area contributed by atoms with Gasteiger partial charge in [0.1, 0.15) is 5.37 Å². The van der Waals surface area contributed by atoms with Crippen molar-refractivity contribution < 1.29 is 4.79 Å². The Hall–Kier alpha value is -2.26. The standard InChI is InChI=1S/C19H15NOS/c21-18-13-22-19(15-7-2-1-3-8-15)20(18)17-11-10-14-6-4-5-9-16(14)12-17/h1-12,19H,13H2/t19-/m1/s1. The maximum Gasteiger partial charge on any atom is 0.238 e. The van der Waals surface area contributed by atoms with Crippen LogP contribution in [0.25, 0.3) is 10.8 Å². The molecule has 3 aromatic carbocycles. The van der Waals surface area contributed by atoms with Gasteiger partial charge in [-0.05, 0) is 28.5 Å². The van der Waals surface area contributed by atoms with E-state index in [1.807, 2.05) is 41.3 Å². The minimum atomic E-state index is 0.0647. The number of anilines is 1. The predicted octanol–water partition coefficient (Wildman–Crippen LogP) is 4.62. The molecule has 0 bridgehead atoms. The van der Waals surface area contributed by atoms with E-state index in [-0.39, 0.29) is 11.3 Å². The largest absolute Gasteiger partial charge is 0.295 e. The van der Waals surface area contributed by atoms with E-state index in [4.69, 9.17) is 0 Å². The Morgan fingerprint density at radius 1 is 0.864 bits per heavy atom. The lowest BCUT2D eigenvalue weighted by molar-refractivity contribution is -0.115. The third kappa shape index (κ3) is 2.28. The van der Waals surface area contributed by atoms with Crippen LogP contribution in [0.3, 0.4) is 0 Å². The third-order valence-corrected chi connectivity index (χ3v) is 5.18. The fraction of sp³-hybridized carbons (Fsp3) is 0.105. The molecule has 1 heterocycles. The van der Waals surface area contributed by atoms with E-state index in [0.29, 0.717) is 5.75 Å². The molecule has 4 rings (SSSR count). The first-order valence-electron chi connectivity index (χ1n) is 7.30. The van der Waals surface area contributed by atoms with Gasteiger partial charge in [-0.2, -0.15) is 0 Å². The Labute approximate surface area is 133 Å². The number of rotatable bonds is 2. The van der Waals surface area contributed by atoms with Crippen LogP contribution in [0.5, 0.6) is 0 Å². The second-order valence-electron chi connectivity index (χ2n) is 5.37. The highest BCUT2D eigenvalue weighted by Crippen LogP contribution is 2.42. The molecule has 1 fully saturated rings. The number of carbonyl (C=O) groups is 1. The molecular formula is C19H15NOS. The van der Waals surface area contributed by atoms with Crippen molar-refractivity contribution in [2.75, 3.05) is 10.7 Å². The predicted molar refractivity (Wildman–Crippen MR) is 93.1 cm³/mol. The maximum absolute atomic E-state index is 12.4. The van der Waals surface area contributed by atoms with Gasteiger partial charge in [-0.1, -0.05) is 60.7 Å². The van der Waals surface area contributed by atoms with Crippen LogP contribution in [0, 0.1) is 0 Å². The molecule has 0 radical (unpaired) electrons. The van der Waals surface area contributed by atoms with E-state index in [1.165, 1.54) is 10.9 Å². The first-order valence-corrected chi connectivity index (χ1v) is 8.35. The number of nitrogens with zero attached hydrogens (tertiary/aromatic N) is 1. The number of thioether (sulfide) groups is 1. The van der Waals surface area contributed by atoms with Crippen LogP contribution in [0.15, 0.2) is 72.8 Å². The number of fused-ring (bicyclic) bond motifs is 1. The van der Waals surface area contributed by atoms with Gasteiger partial charge >= 0.3 is 0 Å². The minimum Gasteiger partial charge on any atom is -0.295 e. The van der Waals surface area contributed by atoms with Crippen LogP contribution < -0.4 is 4.90 Å². The molecule has 0 N–H and O–H groups in total. The third-order valence-electron chi connectivity index (χ3n) is 3.96. The minimum absolute atomic E-state index is 0.0647. The number of benzene rings is 3. The molecule has 0 unspecified atom stereocenters. The van der Waals surface area contributed by atoms with Gasteiger partial charge in [-0.3, -0.25) is 9.69 Å². The van der Waals surface area contributed by atoms with E-state index in [9.17, 15) is 4.79 Å². The summed E-state index contributed by atoms with van der Waals surface area (Å²) in [5, 5.41) is 2.42. The first-order chi connectivity index (χ1) is 10.8. The summed E-state index contributed by atoms with van der Waals surface area (Å²) < 4.78 is 0. The molecule has 1 aliphatic rings. The molecule has 2 nitrogen and oxygen atoms in total. The zero-order valence-corrected chi connectivity index (χ0v) is 12.8. The normalized spacial score (nSPS) is 18.1. The molecule has 0 saturated carbocycles. The van der Waals surface area contributed by atoms with Crippen molar-refractivity contribution in [3.05, 3.63) is 78.4 Å². The first kappa shape index (κ1) is 13.4. The molecular weight excluding hydrogens is 290 g/mol. The van der Waals surface area contributed by atoms with Crippen LogP contribution in [0.2, 0.25) is 0 Å². The fourth-order valence-corrected chi connectivity index (χ4v) is 4.07. The summed E-state index contributed by atoms with van der Waals surface area (Å²) in [7, 11) is 0. The van der Waals surface area contributed by atoms with Crippen molar-refractivity contribution in [1.82, 2.24) is 0 Å². The maximum atomic E-state index is 12.4. The van der Waals surface area contributed by atoms with E-state index in [1.54, 1.807) is 11.8 Å². The van der Waals surface area contributed by atoms with Crippen LogP contribution in [-0.4, -0.2) is 11.7 Å². The lowest BCUT2D eigenvalue weighted by Crippen LogP contribution is -2.27. The van der Waals surface area contributed by atoms with Crippen LogP contribution in [0.4, 0.5) is 5.69 Å². The van der Waals surface area contributed by atoms with Crippen LogP contribution in [-0.2, 0) is 4.79 Å². The summed E-state index contributed by atoms with van der Waals surface area (Å²) >= 11 is 1.69. The molecule has 1 aliphatic heterocycles. The Bertz CT molecular complexity index is 831. The Morgan fingerprint density at radius 3 is 2.41 bits per heavy atom. The zero-order valence-electron chi connectivity index (χ0n) is 12.0. The van der Waals surface area contributed by atoms with Gasteiger partial charge in [0.2, 0.25) is 5.91 Å². The quantitative estimate of drug-likeness (QED) is 0.688. The monoisotopic (exact) mass is 305 g/mol. The molecule has 108 valence electrons. The molecule has 3 aromatic rings. The van der Waals surface area contributed by atoms with Crippen molar-refractivity contribution in [2.45, 2.75) is 5.37 Å². The molecule has 1 atom stereocenters. The number of hydrogen-bond acceptors (Lipinski definition) is 2. The molecule has 22 heavy (non-hydrogen) atoms. The van der Waals surface area contributed by atoms with Crippen molar-refractivity contribution in [3.63, 3.8) is 0 Å². The molecule has 1 saturated heterocycles. The Morgan fingerprint density at radius 2 is 1.59 bits per heavy atom. The molecule has 3 heteroatoms. The average molecular weight is 305 g/mol.